The van der Waals surface area contributed by atoms with Gasteiger partial charge < -0.3 is 14.9 Å². The highest BCUT2D eigenvalue weighted by Crippen LogP contribution is 2.36. The van der Waals surface area contributed by atoms with Crippen molar-refractivity contribution in [1.29, 1.82) is 0 Å². The molecule has 0 unspecified atom stereocenters. The molecule has 5 atom stereocenters. The fraction of sp³-hybridized carbons (Fsp3) is 0.600. The van der Waals surface area contributed by atoms with Gasteiger partial charge in [0, 0.05) is 5.92 Å². The Labute approximate surface area is 117 Å². The van der Waals surface area contributed by atoms with Crippen LogP contribution < -0.4 is 0 Å². The predicted molar refractivity (Wildman–Crippen MR) is 71.7 cm³/mol. The Hall–Kier alpha value is -1.46. The number of fused-ring (bicyclic) bond motifs is 1. The fourth-order valence-corrected chi connectivity index (χ4v) is 2.97. The van der Waals surface area contributed by atoms with Crippen LogP contribution in [0.15, 0.2) is 23.3 Å². The van der Waals surface area contributed by atoms with E-state index in [1.807, 2.05) is 0 Å². The van der Waals surface area contributed by atoms with Crippen molar-refractivity contribution in [1.82, 2.24) is 0 Å². The van der Waals surface area contributed by atoms with Gasteiger partial charge in [0.25, 0.3) is 0 Å². The van der Waals surface area contributed by atoms with Crippen LogP contribution >= 0.6 is 0 Å². The zero-order valence-corrected chi connectivity index (χ0v) is 11.9. The molecule has 20 heavy (non-hydrogen) atoms. The molecule has 5 heteroatoms. The summed E-state index contributed by atoms with van der Waals surface area (Å²) in [6.45, 7) is 5.07. The normalized spacial score (nSPS) is 38.8. The molecule has 0 amide bonds. The second-order valence-electron chi connectivity index (χ2n) is 5.77. The first-order chi connectivity index (χ1) is 9.31. The lowest BCUT2D eigenvalue weighted by atomic mass is 9.80. The zero-order chi connectivity index (χ0) is 15.0. The first kappa shape index (κ1) is 14.9. The van der Waals surface area contributed by atoms with Gasteiger partial charge in [0.05, 0.1) is 12.0 Å². The number of hydrogen-bond donors (Lipinski definition) is 2. The molecule has 0 aromatic heterocycles. The molecule has 0 aromatic rings. The largest absolute Gasteiger partial charge is 0.459 e. The highest BCUT2D eigenvalue weighted by molar-refractivity contribution is 6.00. The van der Waals surface area contributed by atoms with Crippen molar-refractivity contribution in [3.63, 3.8) is 0 Å². The summed E-state index contributed by atoms with van der Waals surface area (Å²) in [5.74, 6) is -1.60. The lowest BCUT2D eigenvalue weighted by molar-refractivity contribution is -0.147. The Morgan fingerprint density at radius 1 is 1.20 bits per heavy atom. The van der Waals surface area contributed by atoms with Crippen molar-refractivity contribution < 1.29 is 24.5 Å². The van der Waals surface area contributed by atoms with E-state index in [1.54, 1.807) is 20.8 Å². The number of carbonyl (C=O) groups excluding carboxylic acids is 2. The molecular formula is C15H20O5. The van der Waals surface area contributed by atoms with E-state index in [2.05, 4.69) is 0 Å². The number of hydrogen-bond acceptors (Lipinski definition) is 5. The zero-order valence-electron chi connectivity index (χ0n) is 11.9. The first-order valence-corrected chi connectivity index (χ1v) is 6.77. The molecular weight excluding hydrogens is 260 g/mol. The molecule has 0 spiro atoms. The average Bonchev–Trinajstić information content (AvgIpc) is 2.63. The maximum absolute atomic E-state index is 11.7. The third-order valence-corrected chi connectivity index (χ3v) is 4.09. The number of ketones is 1. The molecule has 5 nitrogen and oxygen atoms in total. The Balaban J connectivity index is 2.43. The standard InChI is InChI=1S/C15H20O5/c1-7-4-10(16)6-8(2)13(18)14-12(11(17)5-7)9(3)15(19)20-14/h4,6,9,11-14,17-18H,5H2,1-3H3/t9-,11-,12+,13+,14-/m0/s1. The summed E-state index contributed by atoms with van der Waals surface area (Å²) < 4.78 is 5.21. The molecule has 1 aliphatic heterocycles. The van der Waals surface area contributed by atoms with Gasteiger partial charge in [-0.2, -0.15) is 0 Å². The van der Waals surface area contributed by atoms with Crippen LogP contribution in [0.5, 0.6) is 0 Å². The van der Waals surface area contributed by atoms with Gasteiger partial charge in [-0.15, -0.1) is 0 Å². The monoisotopic (exact) mass is 280 g/mol. The Bertz CT molecular complexity index is 490. The first-order valence-electron chi connectivity index (χ1n) is 6.77. The number of allylic oxidation sites excluding steroid dienone is 2. The van der Waals surface area contributed by atoms with Crippen LogP contribution in [0, 0.1) is 11.8 Å². The third kappa shape index (κ3) is 2.69. The van der Waals surface area contributed by atoms with Crippen LogP contribution in [0.25, 0.3) is 0 Å². The Morgan fingerprint density at radius 2 is 1.85 bits per heavy atom. The van der Waals surface area contributed by atoms with Crippen LogP contribution in [0.1, 0.15) is 27.2 Å². The molecule has 1 aliphatic carbocycles. The summed E-state index contributed by atoms with van der Waals surface area (Å²) in [4.78, 5) is 23.5. The SMILES string of the molecule is CC1=CC(=O)C=C(C)[C@@H](O)[C@H]2OC(=O)[C@@H](C)[C@@H]2[C@@H](O)C1. The maximum Gasteiger partial charge on any atom is 0.309 e. The average molecular weight is 280 g/mol. The molecule has 2 aliphatic rings. The van der Waals surface area contributed by atoms with E-state index in [9.17, 15) is 19.8 Å². The Morgan fingerprint density at radius 3 is 2.50 bits per heavy atom. The molecule has 2 N–H and O–H groups in total. The van der Waals surface area contributed by atoms with E-state index < -0.39 is 36.1 Å². The summed E-state index contributed by atoms with van der Waals surface area (Å²) in [6.07, 6.45) is 0.378. The third-order valence-electron chi connectivity index (χ3n) is 4.09. The van der Waals surface area contributed by atoms with E-state index in [-0.39, 0.29) is 12.2 Å². The molecule has 2 rings (SSSR count). The van der Waals surface area contributed by atoms with E-state index in [0.717, 1.165) is 5.57 Å². The quantitative estimate of drug-likeness (QED) is 0.640. The van der Waals surface area contributed by atoms with Crippen LogP contribution in [0.4, 0.5) is 0 Å². The number of aliphatic hydroxyl groups excluding tert-OH is 2. The van der Waals surface area contributed by atoms with Crippen LogP contribution in [-0.4, -0.2) is 40.3 Å². The molecule has 0 aromatic carbocycles. The van der Waals surface area contributed by atoms with E-state index in [4.69, 9.17) is 4.74 Å². The molecule has 1 saturated heterocycles. The van der Waals surface area contributed by atoms with Gasteiger partial charge in [0.1, 0.15) is 12.2 Å². The lowest BCUT2D eigenvalue weighted by Crippen LogP contribution is -2.40. The van der Waals surface area contributed by atoms with Gasteiger partial charge in [-0.1, -0.05) is 12.5 Å². The van der Waals surface area contributed by atoms with Crippen molar-refractivity contribution in [2.45, 2.75) is 45.5 Å². The maximum atomic E-state index is 11.7. The van der Waals surface area contributed by atoms with Gasteiger partial charge >= 0.3 is 5.97 Å². The van der Waals surface area contributed by atoms with Crippen molar-refractivity contribution in [3.8, 4) is 0 Å². The number of esters is 1. The van der Waals surface area contributed by atoms with Gasteiger partial charge in [-0.3, -0.25) is 9.59 Å². The lowest BCUT2D eigenvalue weighted by Gasteiger charge is -2.29. The van der Waals surface area contributed by atoms with E-state index in [0.29, 0.717) is 5.57 Å². The molecule has 1 heterocycles. The predicted octanol–water partition coefficient (Wildman–Crippen LogP) is 0.751. The molecule has 0 saturated carbocycles. The van der Waals surface area contributed by atoms with Crippen LogP contribution in [0.2, 0.25) is 0 Å². The van der Waals surface area contributed by atoms with Crippen molar-refractivity contribution in [2.75, 3.05) is 0 Å². The van der Waals surface area contributed by atoms with E-state index in [1.165, 1.54) is 12.2 Å². The number of aliphatic hydroxyl groups is 2. The minimum Gasteiger partial charge on any atom is -0.459 e. The molecule has 0 radical (unpaired) electrons. The van der Waals surface area contributed by atoms with Gasteiger partial charge in [0.2, 0.25) is 0 Å². The summed E-state index contributed by atoms with van der Waals surface area (Å²) in [7, 11) is 0. The summed E-state index contributed by atoms with van der Waals surface area (Å²) >= 11 is 0. The van der Waals surface area contributed by atoms with Crippen LogP contribution in [0.3, 0.4) is 0 Å². The highest BCUT2D eigenvalue weighted by Gasteiger charge is 2.49. The number of carbonyl (C=O) groups is 2. The Kier molecular flexibility index (Phi) is 4.11. The van der Waals surface area contributed by atoms with Crippen molar-refractivity contribution in [2.24, 2.45) is 11.8 Å². The topological polar surface area (TPSA) is 83.8 Å². The molecule has 0 bridgehead atoms. The second kappa shape index (κ2) is 5.50. The number of ether oxygens (including phenoxy) is 1. The van der Waals surface area contributed by atoms with Crippen LogP contribution in [-0.2, 0) is 14.3 Å². The van der Waals surface area contributed by atoms with Crippen molar-refractivity contribution >= 4 is 11.8 Å². The van der Waals surface area contributed by atoms with Gasteiger partial charge in [-0.05, 0) is 38.0 Å². The van der Waals surface area contributed by atoms with Crippen molar-refractivity contribution in [3.05, 3.63) is 23.3 Å². The highest BCUT2D eigenvalue weighted by atomic mass is 16.6. The summed E-state index contributed by atoms with van der Waals surface area (Å²) in [6, 6.07) is 0. The van der Waals surface area contributed by atoms with E-state index >= 15 is 0 Å². The minimum absolute atomic E-state index is 0.234. The van der Waals surface area contributed by atoms with Gasteiger partial charge in [-0.25, -0.2) is 0 Å². The minimum atomic E-state index is -1.07. The number of rotatable bonds is 0. The summed E-state index contributed by atoms with van der Waals surface area (Å²) in [5.41, 5.74) is 1.18. The fourth-order valence-electron chi connectivity index (χ4n) is 2.97. The van der Waals surface area contributed by atoms with Gasteiger partial charge in [0.15, 0.2) is 5.78 Å². The summed E-state index contributed by atoms with van der Waals surface area (Å²) in [5, 5.41) is 20.6. The second-order valence-corrected chi connectivity index (χ2v) is 5.77. The molecule has 1 fully saturated rings. The molecule has 110 valence electrons. The smallest absolute Gasteiger partial charge is 0.309 e.